The van der Waals surface area contributed by atoms with E-state index in [1.54, 1.807) is 30.3 Å². The Bertz CT molecular complexity index is 1500. The number of thiophene rings is 1. The lowest BCUT2D eigenvalue weighted by atomic mass is 10.1. The molecule has 0 bridgehead atoms. The van der Waals surface area contributed by atoms with Crippen molar-refractivity contribution in [3.05, 3.63) is 71.6 Å². The molecule has 0 saturated carbocycles. The minimum absolute atomic E-state index is 0.106. The van der Waals surface area contributed by atoms with Crippen LogP contribution in [0.1, 0.15) is 4.88 Å². The van der Waals surface area contributed by atoms with Gasteiger partial charge in [0.25, 0.3) is 10.0 Å². The normalized spacial score (nSPS) is 11.9. The Morgan fingerprint density at radius 2 is 1.71 bits per heavy atom. The second-order valence-electron chi connectivity index (χ2n) is 6.84. The van der Waals surface area contributed by atoms with Crippen LogP contribution in [-0.2, 0) is 10.0 Å². The Labute approximate surface area is 191 Å². The summed E-state index contributed by atoms with van der Waals surface area (Å²) in [5, 5.41) is 12.1. The molecule has 5 rings (SSSR count). The van der Waals surface area contributed by atoms with Gasteiger partial charge >= 0.3 is 0 Å². The van der Waals surface area contributed by atoms with Crippen LogP contribution in [0, 0.1) is 6.92 Å². The highest BCUT2D eigenvalue weighted by Gasteiger charge is 2.20. The maximum Gasteiger partial charge on any atom is 0.271 e. The van der Waals surface area contributed by atoms with Crippen molar-refractivity contribution in [1.82, 2.24) is 4.98 Å². The van der Waals surface area contributed by atoms with Crippen molar-refractivity contribution >= 4 is 71.1 Å². The number of phenolic OH excluding ortho intramolecular Hbond substituents is 1. The highest BCUT2D eigenvalue weighted by atomic mass is 32.2. The number of sulfonamides is 1. The minimum Gasteiger partial charge on any atom is -0.506 e. The lowest BCUT2D eigenvalue weighted by molar-refractivity contribution is 0.469. The number of benzene rings is 3. The van der Waals surface area contributed by atoms with Gasteiger partial charge in [0, 0.05) is 15.6 Å². The van der Waals surface area contributed by atoms with Gasteiger partial charge in [0.1, 0.15) is 9.96 Å². The first kappa shape index (κ1) is 20.3. The number of rotatable bonds is 5. The van der Waals surface area contributed by atoms with Gasteiger partial charge in [0.05, 0.1) is 20.8 Å². The molecule has 0 radical (unpaired) electrons. The molecule has 0 atom stereocenters. The van der Waals surface area contributed by atoms with Crippen LogP contribution >= 0.6 is 34.4 Å². The van der Waals surface area contributed by atoms with Crippen molar-refractivity contribution in [1.29, 1.82) is 0 Å². The fourth-order valence-electron chi connectivity index (χ4n) is 3.24. The lowest BCUT2D eigenvalue weighted by Crippen LogP contribution is -2.11. The lowest BCUT2D eigenvalue weighted by Gasteiger charge is -2.13. The highest BCUT2D eigenvalue weighted by molar-refractivity contribution is 8.01. The van der Waals surface area contributed by atoms with E-state index in [9.17, 15) is 13.5 Å². The third-order valence-electron chi connectivity index (χ3n) is 4.68. The first-order chi connectivity index (χ1) is 14.9. The van der Waals surface area contributed by atoms with E-state index in [1.165, 1.54) is 34.4 Å². The zero-order valence-electron chi connectivity index (χ0n) is 16.2. The molecule has 2 heterocycles. The first-order valence-electron chi connectivity index (χ1n) is 9.28. The monoisotopic (exact) mass is 484 g/mol. The van der Waals surface area contributed by atoms with Crippen LogP contribution in [0.5, 0.6) is 5.75 Å². The number of thiazole rings is 1. The van der Waals surface area contributed by atoms with Gasteiger partial charge in [0.15, 0.2) is 4.34 Å². The van der Waals surface area contributed by atoms with Crippen molar-refractivity contribution < 1.29 is 13.5 Å². The smallest absolute Gasteiger partial charge is 0.271 e. The molecule has 0 aliphatic carbocycles. The van der Waals surface area contributed by atoms with Crippen LogP contribution in [0.4, 0.5) is 5.69 Å². The predicted octanol–water partition coefficient (Wildman–Crippen LogP) is 6.48. The average molecular weight is 485 g/mol. The van der Waals surface area contributed by atoms with Gasteiger partial charge in [-0.3, -0.25) is 4.72 Å². The number of aryl methyl sites for hydroxylation is 1. The molecule has 3 aromatic carbocycles. The van der Waals surface area contributed by atoms with E-state index in [4.69, 9.17) is 0 Å². The van der Waals surface area contributed by atoms with Crippen molar-refractivity contribution in [2.45, 2.75) is 20.4 Å². The van der Waals surface area contributed by atoms with Gasteiger partial charge in [-0.2, -0.15) is 0 Å². The Balaban J connectivity index is 1.60. The SMILES string of the molecule is Cc1ccc(S(=O)(=O)Nc2cc(Sc3nc4ccccc4s3)c(O)c3ccccc23)s1. The number of nitrogens with one attached hydrogen (secondary N) is 1. The summed E-state index contributed by atoms with van der Waals surface area (Å²) >= 11 is 4.07. The van der Waals surface area contributed by atoms with Gasteiger partial charge in [-0.1, -0.05) is 48.2 Å². The average Bonchev–Trinajstić information content (AvgIpc) is 3.37. The highest BCUT2D eigenvalue weighted by Crippen LogP contribution is 2.44. The second kappa shape index (κ2) is 7.83. The first-order valence-corrected chi connectivity index (χ1v) is 13.2. The topological polar surface area (TPSA) is 79.3 Å². The number of hydrogen-bond acceptors (Lipinski definition) is 7. The van der Waals surface area contributed by atoms with Crippen LogP contribution in [0.15, 0.2) is 80.2 Å². The van der Waals surface area contributed by atoms with E-state index >= 15 is 0 Å². The summed E-state index contributed by atoms with van der Waals surface area (Å²) in [6.45, 7) is 1.87. The number of nitrogens with zero attached hydrogens (tertiary/aromatic N) is 1. The fourth-order valence-corrected chi connectivity index (χ4v) is 7.71. The molecule has 0 amide bonds. The molecule has 9 heteroatoms. The molecule has 0 aliphatic rings. The molecule has 156 valence electrons. The maximum atomic E-state index is 13.0. The zero-order valence-corrected chi connectivity index (χ0v) is 19.5. The third-order valence-corrected chi connectivity index (χ3v) is 9.66. The number of hydrogen-bond donors (Lipinski definition) is 2. The summed E-state index contributed by atoms with van der Waals surface area (Å²) in [4.78, 5) is 6.08. The minimum atomic E-state index is -3.74. The predicted molar refractivity (Wildman–Crippen MR) is 129 cm³/mol. The van der Waals surface area contributed by atoms with E-state index in [0.29, 0.717) is 21.4 Å². The number of anilines is 1. The van der Waals surface area contributed by atoms with Gasteiger partial charge < -0.3 is 5.11 Å². The van der Waals surface area contributed by atoms with E-state index in [2.05, 4.69) is 9.71 Å². The Hall–Kier alpha value is -2.59. The fraction of sp³-hybridized carbons (Fsp3) is 0.0455. The standard InChI is InChI=1S/C22H16N2O3S4/c1-13-10-11-20(28-13)31(26,27)24-17-12-19(21(25)15-7-3-2-6-14(15)17)30-22-23-16-8-4-5-9-18(16)29-22/h2-12,24-25H,1H3. The van der Waals surface area contributed by atoms with Crippen LogP contribution in [-0.4, -0.2) is 18.5 Å². The molecule has 31 heavy (non-hydrogen) atoms. The third kappa shape index (κ3) is 3.89. The van der Waals surface area contributed by atoms with Gasteiger partial charge in [0.2, 0.25) is 0 Å². The van der Waals surface area contributed by atoms with E-state index in [0.717, 1.165) is 19.4 Å². The maximum absolute atomic E-state index is 13.0. The summed E-state index contributed by atoms with van der Waals surface area (Å²) in [5.74, 6) is 0.106. The van der Waals surface area contributed by atoms with Crippen LogP contribution in [0.2, 0.25) is 0 Å². The number of para-hydroxylation sites is 1. The molecular weight excluding hydrogens is 469 g/mol. The molecule has 2 N–H and O–H groups in total. The second-order valence-corrected chi connectivity index (χ2v) is 12.4. The summed E-state index contributed by atoms with van der Waals surface area (Å²) in [7, 11) is -3.74. The zero-order chi connectivity index (χ0) is 21.6. The van der Waals surface area contributed by atoms with Crippen molar-refractivity contribution in [3.8, 4) is 5.75 Å². The largest absolute Gasteiger partial charge is 0.506 e. The molecular formula is C22H16N2O3S4. The van der Waals surface area contributed by atoms with Gasteiger partial charge in [-0.05, 0) is 37.3 Å². The molecule has 5 nitrogen and oxygen atoms in total. The summed E-state index contributed by atoms with van der Waals surface area (Å²) in [5.41, 5.74) is 1.31. The number of phenols is 1. The van der Waals surface area contributed by atoms with Gasteiger partial charge in [-0.15, -0.1) is 22.7 Å². The number of aromatic hydroxyl groups is 1. The number of fused-ring (bicyclic) bond motifs is 2. The molecule has 0 unspecified atom stereocenters. The summed E-state index contributed by atoms with van der Waals surface area (Å²) in [6, 6.07) is 20.1. The molecule has 2 aromatic heterocycles. The van der Waals surface area contributed by atoms with E-state index < -0.39 is 10.0 Å². The van der Waals surface area contributed by atoms with Gasteiger partial charge in [-0.25, -0.2) is 13.4 Å². The molecule has 5 aromatic rings. The van der Waals surface area contributed by atoms with Crippen molar-refractivity contribution in [3.63, 3.8) is 0 Å². The van der Waals surface area contributed by atoms with Crippen LogP contribution in [0.25, 0.3) is 21.0 Å². The summed E-state index contributed by atoms with van der Waals surface area (Å²) in [6.07, 6.45) is 0. The molecule has 0 saturated heterocycles. The number of aromatic nitrogens is 1. The Morgan fingerprint density at radius 1 is 0.968 bits per heavy atom. The molecule has 0 aliphatic heterocycles. The van der Waals surface area contributed by atoms with Crippen molar-refractivity contribution in [2.24, 2.45) is 0 Å². The van der Waals surface area contributed by atoms with E-state index in [-0.39, 0.29) is 9.96 Å². The van der Waals surface area contributed by atoms with Crippen LogP contribution in [0.3, 0.4) is 0 Å². The quantitative estimate of drug-likeness (QED) is 0.279. The van der Waals surface area contributed by atoms with Crippen molar-refractivity contribution in [2.75, 3.05) is 4.72 Å². The summed E-state index contributed by atoms with van der Waals surface area (Å²) < 4.78 is 30.7. The van der Waals surface area contributed by atoms with Crippen LogP contribution < -0.4 is 4.72 Å². The molecule has 0 fully saturated rings. The molecule has 0 spiro atoms. The Morgan fingerprint density at radius 3 is 2.45 bits per heavy atom. The Kier molecular flexibility index (Phi) is 5.13. The van der Waals surface area contributed by atoms with E-state index in [1.807, 2.05) is 43.3 Å².